The number of carbonyl (C=O) groups is 1. The highest BCUT2D eigenvalue weighted by molar-refractivity contribution is 8.00. The molecule has 1 atom stereocenters. The molecule has 0 saturated carbocycles. The van der Waals surface area contributed by atoms with Crippen LogP contribution in [0, 0.1) is 13.8 Å². The molecule has 0 spiro atoms. The zero-order chi connectivity index (χ0) is 15.4. The number of benzene rings is 2. The van der Waals surface area contributed by atoms with Gasteiger partial charge in [-0.05, 0) is 61.2 Å². The van der Waals surface area contributed by atoms with Crippen LogP contribution in [-0.4, -0.2) is 16.3 Å². The van der Waals surface area contributed by atoms with E-state index in [1.165, 1.54) is 22.9 Å². The predicted molar refractivity (Wildman–Crippen MR) is 88.4 cm³/mol. The van der Waals surface area contributed by atoms with Crippen LogP contribution in [0.1, 0.15) is 16.7 Å². The Morgan fingerprint density at radius 2 is 1.81 bits per heavy atom. The molecule has 0 saturated heterocycles. The maximum Gasteiger partial charge on any atom is 0.317 e. The van der Waals surface area contributed by atoms with Crippen molar-refractivity contribution >= 4 is 29.3 Å². The third-order valence-electron chi connectivity index (χ3n) is 3.36. The highest BCUT2D eigenvalue weighted by Crippen LogP contribution is 2.27. The monoisotopic (exact) mass is 320 g/mol. The van der Waals surface area contributed by atoms with Gasteiger partial charge in [-0.1, -0.05) is 29.8 Å². The molecule has 110 valence electrons. The second kappa shape index (κ2) is 7.01. The first-order chi connectivity index (χ1) is 9.95. The quantitative estimate of drug-likeness (QED) is 0.808. The molecular weight excluding hydrogens is 304 g/mol. The Morgan fingerprint density at radius 3 is 2.38 bits per heavy atom. The molecule has 0 fully saturated rings. The van der Waals surface area contributed by atoms with Crippen LogP contribution in [-0.2, 0) is 11.2 Å². The highest BCUT2D eigenvalue weighted by atomic mass is 35.5. The number of hydrogen-bond acceptors (Lipinski definition) is 2. The Morgan fingerprint density at radius 1 is 1.14 bits per heavy atom. The predicted octanol–water partition coefficient (Wildman–Crippen LogP) is 4.74. The number of carboxylic acid groups (broad SMARTS) is 1. The third kappa shape index (κ3) is 4.51. The number of hydrogen-bond donors (Lipinski definition) is 1. The molecule has 1 N–H and O–H groups in total. The van der Waals surface area contributed by atoms with Crippen molar-refractivity contribution in [3.05, 3.63) is 64.2 Å². The van der Waals surface area contributed by atoms with E-state index in [0.717, 1.165) is 10.5 Å². The van der Waals surface area contributed by atoms with Gasteiger partial charge >= 0.3 is 5.97 Å². The van der Waals surface area contributed by atoms with Crippen molar-refractivity contribution in [3.63, 3.8) is 0 Å². The van der Waals surface area contributed by atoms with Gasteiger partial charge in [0, 0.05) is 9.92 Å². The van der Waals surface area contributed by atoms with Gasteiger partial charge in [-0.25, -0.2) is 0 Å². The summed E-state index contributed by atoms with van der Waals surface area (Å²) in [6.45, 7) is 4.09. The summed E-state index contributed by atoms with van der Waals surface area (Å²) in [4.78, 5) is 12.4. The van der Waals surface area contributed by atoms with E-state index in [-0.39, 0.29) is 0 Å². The highest BCUT2D eigenvalue weighted by Gasteiger charge is 2.19. The zero-order valence-corrected chi connectivity index (χ0v) is 13.5. The van der Waals surface area contributed by atoms with E-state index in [2.05, 4.69) is 13.0 Å². The third-order valence-corrected chi connectivity index (χ3v) is 4.81. The smallest absolute Gasteiger partial charge is 0.317 e. The van der Waals surface area contributed by atoms with Crippen LogP contribution >= 0.6 is 23.4 Å². The van der Waals surface area contributed by atoms with Gasteiger partial charge in [0.15, 0.2) is 0 Å². The Hall–Kier alpha value is -1.45. The lowest BCUT2D eigenvalue weighted by molar-refractivity contribution is -0.136. The van der Waals surface area contributed by atoms with E-state index in [4.69, 9.17) is 11.6 Å². The summed E-state index contributed by atoms with van der Waals surface area (Å²) in [7, 11) is 0. The van der Waals surface area contributed by atoms with Gasteiger partial charge in [0.2, 0.25) is 0 Å². The summed E-state index contributed by atoms with van der Waals surface area (Å²) in [6, 6.07) is 13.4. The van der Waals surface area contributed by atoms with Crippen LogP contribution < -0.4 is 0 Å². The lowest BCUT2D eigenvalue weighted by atomic mass is 10.0. The molecule has 2 aromatic rings. The standard InChI is InChI=1S/C17H17ClO2S/c1-11-3-4-13(9-12(11)2)10-16(17(19)20)21-15-7-5-14(18)6-8-15/h3-9,16H,10H2,1-2H3,(H,19,20)/t16-/m1/s1. The molecule has 0 aromatic heterocycles. The summed E-state index contributed by atoms with van der Waals surface area (Å²) < 4.78 is 0. The first-order valence-corrected chi connectivity index (χ1v) is 7.92. The van der Waals surface area contributed by atoms with Crippen LogP contribution in [0.3, 0.4) is 0 Å². The lowest BCUT2D eigenvalue weighted by Crippen LogP contribution is -2.19. The number of rotatable bonds is 5. The molecule has 0 bridgehead atoms. The first-order valence-electron chi connectivity index (χ1n) is 6.67. The van der Waals surface area contributed by atoms with Crippen molar-refractivity contribution in [2.75, 3.05) is 0 Å². The van der Waals surface area contributed by atoms with Crippen molar-refractivity contribution in [2.24, 2.45) is 0 Å². The molecule has 0 aliphatic rings. The Kier molecular flexibility index (Phi) is 5.32. The van der Waals surface area contributed by atoms with Crippen LogP contribution in [0.15, 0.2) is 47.4 Å². The Labute approximate surface area is 134 Å². The first kappa shape index (κ1) is 15.9. The van der Waals surface area contributed by atoms with Gasteiger partial charge < -0.3 is 5.11 Å². The molecule has 0 unspecified atom stereocenters. The Balaban J connectivity index is 2.13. The summed E-state index contributed by atoms with van der Waals surface area (Å²) >= 11 is 7.20. The van der Waals surface area contributed by atoms with Gasteiger partial charge in [0.25, 0.3) is 0 Å². The van der Waals surface area contributed by atoms with E-state index < -0.39 is 11.2 Å². The number of thioether (sulfide) groups is 1. The number of halogens is 1. The molecule has 4 heteroatoms. The van der Waals surface area contributed by atoms with Gasteiger partial charge in [-0.3, -0.25) is 4.79 Å². The van der Waals surface area contributed by atoms with E-state index in [1.807, 2.05) is 31.2 Å². The number of aryl methyl sites for hydroxylation is 2. The molecular formula is C17H17ClO2S. The van der Waals surface area contributed by atoms with Gasteiger partial charge in [0.05, 0.1) is 0 Å². The van der Waals surface area contributed by atoms with Crippen molar-refractivity contribution < 1.29 is 9.90 Å². The van der Waals surface area contributed by atoms with Crippen molar-refractivity contribution in [2.45, 2.75) is 30.4 Å². The lowest BCUT2D eigenvalue weighted by Gasteiger charge is -2.13. The topological polar surface area (TPSA) is 37.3 Å². The second-order valence-electron chi connectivity index (χ2n) is 5.02. The van der Waals surface area contributed by atoms with Gasteiger partial charge in [0.1, 0.15) is 5.25 Å². The Bertz CT molecular complexity index is 638. The minimum Gasteiger partial charge on any atom is -0.480 e. The van der Waals surface area contributed by atoms with Gasteiger partial charge in [-0.2, -0.15) is 0 Å². The van der Waals surface area contributed by atoms with Crippen LogP contribution in [0.5, 0.6) is 0 Å². The maximum atomic E-state index is 11.5. The minimum atomic E-state index is -0.798. The van der Waals surface area contributed by atoms with Gasteiger partial charge in [-0.15, -0.1) is 11.8 Å². The largest absolute Gasteiger partial charge is 0.480 e. The molecule has 0 aliphatic heterocycles. The average Bonchev–Trinajstić information content (AvgIpc) is 2.44. The molecule has 21 heavy (non-hydrogen) atoms. The fourth-order valence-corrected chi connectivity index (χ4v) is 3.13. The molecule has 0 amide bonds. The van der Waals surface area contributed by atoms with E-state index in [0.29, 0.717) is 11.4 Å². The summed E-state index contributed by atoms with van der Waals surface area (Å²) in [5.74, 6) is -0.798. The number of aliphatic carboxylic acids is 1. The van der Waals surface area contributed by atoms with E-state index in [9.17, 15) is 9.90 Å². The second-order valence-corrected chi connectivity index (χ2v) is 6.73. The molecule has 2 rings (SSSR count). The molecule has 0 heterocycles. The minimum absolute atomic E-state index is 0.504. The summed E-state index contributed by atoms with van der Waals surface area (Å²) in [6.07, 6.45) is 0.504. The normalized spacial score (nSPS) is 12.1. The van der Waals surface area contributed by atoms with Crippen LogP contribution in [0.4, 0.5) is 0 Å². The molecule has 0 radical (unpaired) electrons. The van der Waals surface area contributed by atoms with Crippen molar-refractivity contribution in [1.82, 2.24) is 0 Å². The fourth-order valence-electron chi connectivity index (χ4n) is 2.00. The fraction of sp³-hybridized carbons (Fsp3) is 0.235. The summed E-state index contributed by atoms with van der Waals surface area (Å²) in [5, 5.41) is 9.57. The van der Waals surface area contributed by atoms with Crippen molar-refractivity contribution in [1.29, 1.82) is 0 Å². The molecule has 2 aromatic carbocycles. The van der Waals surface area contributed by atoms with Crippen molar-refractivity contribution in [3.8, 4) is 0 Å². The average molecular weight is 321 g/mol. The SMILES string of the molecule is Cc1ccc(C[C@@H](Sc2ccc(Cl)cc2)C(=O)O)cc1C. The maximum absolute atomic E-state index is 11.5. The summed E-state index contributed by atoms with van der Waals surface area (Å²) in [5.41, 5.74) is 3.45. The molecule has 2 nitrogen and oxygen atoms in total. The number of carboxylic acids is 1. The van der Waals surface area contributed by atoms with Crippen LogP contribution in [0.2, 0.25) is 5.02 Å². The van der Waals surface area contributed by atoms with E-state index >= 15 is 0 Å². The molecule has 0 aliphatic carbocycles. The zero-order valence-electron chi connectivity index (χ0n) is 12.0. The van der Waals surface area contributed by atoms with Crippen LogP contribution in [0.25, 0.3) is 0 Å². The van der Waals surface area contributed by atoms with E-state index in [1.54, 1.807) is 12.1 Å².